The molecule has 0 radical (unpaired) electrons. The molecule has 70 valence electrons. The van der Waals surface area contributed by atoms with Crippen LogP contribution in [0.5, 0.6) is 0 Å². The molecule has 0 unspecified atom stereocenters. The molecule has 1 aromatic rings. The SMILES string of the molecule is Cc1c(Cl)nc(CC2CC2)nc1Cl. The third-order valence-electron chi connectivity index (χ3n) is 2.24. The van der Waals surface area contributed by atoms with Crippen LogP contribution in [-0.2, 0) is 6.42 Å². The predicted molar refractivity (Wildman–Crippen MR) is 53.2 cm³/mol. The molecule has 4 heteroatoms. The van der Waals surface area contributed by atoms with Crippen LogP contribution in [0.3, 0.4) is 0 Å². The Labute approximate surface area is 87.3 Å². The highest BCUT2D eigenvalue weighted by Gasteiger charge is 2.23. The summed E-state index contributed by atoms with van der Waals surface area (Å²) in [5, 5.41) is 0.964. The minimum absolute atomic E-state index is 0.482. The van der Waals surface area contributed by atoms with E-state index in [9.17, 15) is 0 Å². The van der Waals surface area contributed by atoms with Crippen molar-refractivity contribution >= 4 is 23.2 Å². The fourth-order valence-corrected chi connectivity index (χ4v) is 1.60. The molecular weight excluding hydrogens is 207 g/mol. The Kier molecular flexibility index (Phi) is 2.43. The summed E-state index contributed by atoms with van der Waals surface area (Å²) in [6.45, 7) is 1.82. The van der Waals surface area contributed by atoms with Crippen LogP contribution in [0.25, 0.3) is 0 Å². The van der Waals surface area contributed by atoms with E-state index in [1.807, 2.05) is 6.92 Å². The minimum Gasteiger partial charge on any atom is -0.221 e. The summed E-state index contributed by atoms with van der Waals surface area (Å²) >= 11 is 11.8. The van der Waals surface area contributed by atoms with Crippen LogP contribution in [-0.4, -0.2) is 9.97 Å². The molecule has 0 atom stereocenters. The van der Waals surface area contributed by atoms with Crippen LogP contribution in [0.2, 0.25) is 10.3 Å². The van der Waals surface area contributed by atoms with Gasteiger partial charge in [0.1, 0.15) is 16.1 Å². The Hall–Kier alpha value is -0.340. The zero-order valence-electron chi connectivity index (χ0n) is 7.35. The molecule has 1 aliphatic rings. The van der Waals surface area contributed by atoms with E-state index in [1.54, 1.807) is 0 Å². The second-order valence-electron chi connectivity index (χ2n) is 3.49. The lowest BCUT2D eigenvalue weighted by Crippen LogP contribution is -1.99. The molecule has 0 bridgehead atoms. The van der Waals surface area contributed by atoms with Crippen molar-refractivity contribution in [2.45, 2.75) is 26.2 Å². The zero-order valence-corrected chi connectivity index (χ0v) is 8.86. The molecule has 2 rings (SSSR count). The summed E-state index contributed by atoms with van der Waals surface area (Å²) in [7, 11) is 0. The monoisotopic (exact) mass is 216 g/mol. The fraction of sp³-hybridized carbons (Fsp3) is 0.556. The van der Waals surface area contributed by atoms with Crippen molar-refractivity contribution in [2.24, 2.45) is 5.92 Å². The Morgan fingerprint density at radius 1 is 1.23 bits per heavy atom. The first kappa shape index (κ1) is 9.22. The second kappa shape index (κ2) is 3.43. The van der Waals surface area contributed by atoms with Gasteiger partial charge in [-0.05, 0) is 25.7 Å². The second-order valence-corrected chi connectivity index (χ2v) is 4.21. The van der Waals surface area contributed by atoms with E-state index in [4.69, 9.17) is 23.2 Å². The van der Waals surface area contributed by atoms with Gasteiger partial charge >= 0.3 is 0 Å². The van der Waals surface area contributed by atoms with Gasteiger partial charge in [-0.15, -0.1) is 0 Å². The predicted octanol–water partition coefficient (Wildman–Crippen LogP) is 3.04. The van der Waals surface area contributed by atoms with Crippen LogP contribution in [0.4, 0.5) is 0 Å². The molecular formula is C9H10Cl2N2. The van der Waals surface area contributed by atoms with Crippen molar-refractivity contribution in [3.8, 4) is 0 Å². The number of hydrogen-bond acceptors (Lipinski definition) is 2. The Bertz CT molecular complexity index is 311. The van der Waals surface area contributed by atoms with Gasteiger partial charge in [0.05, 0.1) is 0 Å². The van der Waals surface area contributed by atoms with E-state index in [0.717, 1.165) is 23.7 Å². The van der Waals surface area contributed by atoms with Crippen LogP contribution in [0, 0.1) is 12.8 Å². The van der Waals surface area contributed by atoms with Crippen LogP contribution >= 0.6 is 23.2 Å². The molecule has 1 fully saturated rings. The van der Waals surface area contributed by atoms with Crippen molar-refractivity contribution in [2.75, 3.05) is 0 Å². The largest absolute Gasteiger partial charge is 0.221 e. The summed E-state index contributed by atoms with van der Waals surface area (Å²) in [6, 6.07) is 0. The van der Waals surface area contributed by atoms with Gasteiger partial charge < -0.3 is 0 Å². The molecule has 1 saturated carbocycles. The molecule has 0 saturated heterocycles. The minimum atomic E-state index is 0.482. The van der Waals surface area contributed by atoms with Crippen molar-refractivity contribution in [1.82, 2.24) is 9.97 Å². The van der Waals surface area contributed by atoms with Gasteiger partial charge in [0.15, 0.2) is 0 Å². The first-order valence-corrected chi connectivity index (χ1v) is 5.11. The third kappa shape index (κ3) is 2.12. The van der Waals surface area contributed by atoms with Crippen LogP contribution in [0.1, 0.15) is 24.2 Å². The van der Waals surface area contributed by atoms with E-state index in [-0.39, 0.29) is 0 Å². The van der Waals surface area contributed by atoms with Crippen LogP contribution in [0.15, 0.2) is 0 Å². The molecule has 0 aromatic carbocycles. The normalized spacial score (nSPS) is 16.2. The number of hydrogen-bond donors (Lipinski definition) is 0. The topological polar surface area (TPSA) is 25.8 Å². The highest BCUT2D eigenvalue weighted by atomic mass is 35.5. The molecule has 1 aromatic heterocycles. The number of halogens is 2. The average Bonchev–Trinajstić information content (AvgIpc) is 2.84. The lowest BCUT2D eigenvalue weighted by molar-refractivity contribution is 0.767. The van der Waals surface area contributed by atoms with Gasteiger partial charge in [0.25, 0.3) is 0 Å². The maximum atomic E-state index is 5.89. The Morgan fingerprint density at radius 3 is 2.23 bits per heavy atom. The first-order chi connectivity index (χ1) is 6.16. The number of rotatable bonds is 2. The summed E-state index contributed by atoms with van der Waals surface area (Å²) in [6.07, 6.45) is 3.48. The van der Waals surface area contributed by atoms with E-state index in [0.29, 0.717) is 10.3 Å². The Morgan fingerprint density at radius 2 is 1.77 bits per heavy atom. The average molecular weight is 217 g/mol. The summed E-state index contributed by atoms with van der Waals surface area (Å²) in [5.74, 6) is 1.54. The smallest absolute Gasteiger partial charge is 0.137 e. The maximum Gasteiger partial charge on any atom is 0.137 e. The van der Waals surface area contributed by atoms with Crippen molar-refractivity contribution in [3.05, 3.63) is 21.7 Å². The van der Waals surface area contributed by atoms with E-state index in [2.05, 4.69) is 9.97 Å². The molecule has 2 nitrogen and oxygen atoms in total. The lowest BCUT2D eigenvalue weighted by atomic mass is 10.3. The van der Waals surface area contributed by atoms with Gasteiger partial charge in [-0.2, -0.15) is 0 Å². The Balaban J connectivity index is 2.25. The van der Waals surface area contributed by atoms with Gasteiger partial charge in [-0.1, -0.05) is 23.2 Å². The molecule has 0 aliphatic heterocycles. The summed E-state index contributed by atoms with van der Waals surface area (Å²) < 4.78 is 0. The van der Waals surface area contributed by atoms with E-state index < -0.39 is 0 Å². The molecule has 0 N–H and O–H groups in total. The summed E-state index contributed by atoms with van der Waals surface area (Å²) in [5.41, 5.74) is 0.767. The molecule has 1 heterocycles. The van der Waals surface area contributed by atoms with E-state index >= 15 is 0 Å². The first-order valence-electron chi connectivity index (χ1n) is 4.35. The van der Waals surface area contributed by atoms with Gasteiger partial charge in [0, 0.05) is 12.0 Å². The lowest BCUT2D eigenvalue weighted by Gasteiger charge is -2.03. The van der Waals surface area contributed by atoms with Gasteiger partial charge in [-0.3, -0.25) is 0 Å². The third-order valence-corrected chi connectivity index (χ3v) is 2.98. The van der Waals surface area contributed by atoms with Gasteiger partial charge in [0.2, 0.25) is 0 Å². The van der Waals surface area contributed by atoms with Crippen molar-refractivity contribution in [3.63, 3.8) is 0 Å². The molecule has 1 aliphatic carbocycles. The van der Waals surface area contributed by atoms with Crippen molar-refractivity contribution in [1.29, 1.82) is 0 Å². The maximum absolute atomic E-state index is 5.89. The van der Waals surface area contributed by atoms with Gasteiger partial charge in [-0.25, -0.2) is 9.97 Å². The molecule has 0 amide bonds. The quantitative estimate of drug-likeness (QED) is 0.711. The van der Waals surface area contributed by atoms with E-state index in [1.165, 1.54) is 12.8 Å². The zero-order chi connectivity index (χ0) is 9.42. The molecule has 13 heavy (non-hydrogen) atoms. The van der Waals surface area contributed by atoms with Crippen molar-refractivity contribution < 1.29 is 0 Å². The number of aromatic nitrogens is 2. The highest BCUT2D eigenvalue weighted by molar-refractivity contribution is 6.34. The van der Waals surface area contributed by atoms with Crippen LogP contribution < -0.4 is 0 Å². The number of nitrogens with zero attached hydrogens (tertiary/aromatic N) is 2. The fourth-order valence-electron chi connectivity index (χ4n) is 1.18. The molecule has 0 spiro atoms. The summed E-state index contributed by atoms with van der Waals surface area (Å²) in [4.78, 5) is 8.37. The standard InChI is InChI=1S/C9H10Cl2N2/c1-5-8(10)12-7(13-9(5)11)4-6-2-3-6/h6H,2-4H2,1H3. The highest BCUT2D eigenvalue weighted by Crippen LogP contribution is 2.32.